The molecule has 0 aliphatic rings. The number of sulfonamides is 1. The lowest BCUT2D eigenvalue weighted by molar-refractivity contribution is 0.385. The van der Waals surface area contributed by atoms with Crippen LogP contribution in [0.1, 0.15) is 24.5 Å². The molecule has 0 radical (unpaired) electrons. The van der Waals surface area contributed by atoms with Crippen molar-refractivity contribution in [1.29, 1.82) is 0 Å². The minimum Gasteiger partial charge on any atom is -0.389 e. The quantitative estimate of drug-likeness (QED) is 0.731. The molecule has 0 fully saturated rings. The summed E-state index contributed by atoms with van der Waals surface area (Å²) in [5, 5.41) is 0. The fraction of sp³-hybridized carbons (Fsp3) is 0.500. The van der Waals surface area contributed by atoms with Gasteiger partial charge in [0.15, 0.2) is 0 Å². The van der Waals surface area contributed by atoms with E-state index < -0.39 is 10.0 Å². The topological polar surface area (TPSA) is 63.4 Å². The van der Waals surface area contributed by atoms with Crippen LogP contribution >= 0.6 is 24.0 Å². The van der Waals surface area contributed by atoms with Crippen molar-refractivity contribution >= 4 is 39.0 Å². The number of nitrogens with zero attached hydrogens (tertiary/aromatic N) is 1. The van der Waals surface area contributed by atoms with Gasteiger partial charge in [0.05, 0.1) is 5.75 Å². The van der Waals surface area contributed by atoms with Crippen LogP contribution in [0.3, 0.4) is 0 Å². The van der Waals surface area contributed by atoms with Gasteiger partial charge in [0, 0.05) is 24.4 Å². The third-order valence-electron chi connectivity index (χ3n) is 3.40. The zero-order chi connectivity index (χ0) is 16.0. The van der Waals surface area contributed by atoms with Crippen molar-refractivity contribution in [3.05, 3.63) is 35.4 Å². The highest BCUT2D eigenvalue weighted by Gasteiger charge is 2.26. The van der Waals surface area contributed by atoms with Crippen LogP contribution < -0.4 is 5.73 Å². The van der Waals surface area contributed by atoms with Crippen molar-refractivity contribution in [2.45, 2.75) is 25.1 Å². The summed E-state index contributed by atoms with van der Waals surface area (Å²) in [6.07, 6.45) is 2.76. The van der Waals surface area contributed by atoms with Crippen molar-refractivity contribution in [2.75, 3.05) is 19.1 Å². The van der Waals surface area contributed by atoms with Gasteiger partial charge in [-0.2, -0.15) is 11.8 Å². The van der Waals surface area contributed by atoms with E-state index >= 15 is 0 Å². The Morgan fingerprint density at radius 1 is 1.43 bits per heavy atom. The number of thiocarbonyl (C=S) groups is 1. The van der Waals surface area contributed by atoms with Crippen molar-refractivity contribution in [3.8, 4) is 0 Å². The highest BCUT2D eigenvalue weighted by atomic mass is 32.2. The molecule has 0 saturated carbocycles. The molecule has 0 amide bonds. The van der Waals surface area contributed by atoms with Crippen LogP contribution in [0.5, 0.6) is 0 Å². The largest absolute Gasteiger partial charge is 0.389 e. The van der Waals surface area contributed by atoms with Crippen molar-refractivity contribution < 1.29 is 8.42 Å². The van der Waals surface area contributed by atoms with Crippen LogP contribution in [0.15, 0.2) is 24.3 Å². The van der Waals surface area contributed by atoms with Gasteiger partial charge in [0.25, 0.3) is 0 Å². The van der Waals surface area contributed by atoms with E-state index in [1.54, 1.807) is 43.1 Å². The smallest absolute Gasteiger partial charge is 0.218 e. The molecule has 118 valence electrons. The van der Waals surface area contributed by atoms with Crippen LogP contribution in [0, 0.1) is 0 Å². The molecule has 0 heterocycles. The fourth-order valence-corrected chi connectivity index (χ4v) is 4.75. The Morgan fingerprint density at radius 3 is 2.57 bits per heavy atom. The SMILES string of the molecule is CCC(CSC)N(C)S(=O)(=O)Cc1ccccc1C(N)=S. The zero-order valence-corrected chi connectivity index (χ0v) is 15.0. The van der Waals surface area contributed by atoms with Gasteiger partial charge in [0.2, 0.25) is 10.0 Å². The van der Waals surface area contributed by atoms with Crippen LogP contribution in [0.4, 0.5) is 0 Å². The van der Waals surface area contributed by atoms with Crippen molar-refractivity contribution in [2.24, 2.45) is 5.73 Å². The first-order chi connectivity index (χ1) is 9.83. The van der Waals surface area contributed by atoms with Gasteiger partial charge < -0.3 is 5.73 Å². The van der Waals surface area contributed by atoms with E-state index in [1.807, 2.05) is 13.2 Å². The molecular weight excluding hydrogens is 324 g/mol. The molecule has 0 spiro atoms. The Hall–Kier alpha value is -0.630. The molecular formula is C14H22N2O2S3. The highest BCUT2D eigenvalue weighted by Crippen LogP contribution is 2.18. The summed E-state index contributed by atoms with van der Waals surface area (Å²) in [6.45, 7) is 2.00. The standard InChI is InChI=1S/C14H22N2O2S3/c1-4-12(9-20-3)16(2)21(17,18)10-11-7-5-6-8-13(11)14(15)19/h5-8,12H,4,9-10H2,1-3H3,(H2,15,19). The van der Waals surface area contributed by atoms with E-state index in [0.717, 1.165) is 12.2 Å². The number of hydrogen-bond acceptors (Lipinski definition) is 4. The van der Waals surface area contributed by atoms with E-state index in [1.165, 1.54) is 4.31 Å². The first kappa shape index (κ1) is 18.4. The van der Waals surface area contributed by atoms with Gasteiger partial charge in [-0.15, -0.1) is 0 Å². The molecule has 4 nitrogen and oxygen atoms in total. The number of nitrogens with two attached hydrogens (primary N) is 1. The summed E-state index contributed by atoms with van der Waals surface area (Å²) in [5.41, 5.74) is 6.94. The molecule has 1 aromatic carbocycles. The Morgan fingerprint density at radius 2 is 2.05 bits per heavy atom. The zero-order valence-electron chi connectivity index (χ0n) is 12.6. The van der Waals surface area contributed by atoms with Gasteiger partial charge in [0.1, 0.15) is 4.99 Å². The summed E-state index contributed by atoms with van der Waals surface area (Å²) >= 11 is 6.63. The summed E-state index contributed by atoms with van der Waals surface area (Å²) in [5.74, 6) is 0.699. The van der Waals surface area contributed by atoms with Gasteiger partial charge in [-0.25, -0.2) is 12.7 Å². The molecule has 0 aromatic heterocycles. The van der Waals surface area contributed by atoms with Crippen LogP contribution in [0.2, 0.25) is 0 Å². The lowest BCUT2D eigenvalue weighted by Gasteiger charge is -2.26. The lowest BCUT2D eigenvalue weighted by Crippen LogP contribution is -2.39. The molecule has 0 bridgehead atoms. The maximum atomic E-state index is 12.6. The average Bonchev–Trinajstić information content (AvgIpc) is 2.44. The molecule has 2 N–H and O–H groups in total. The maximum absolute atomic E-state index is 12.6. The Balaban J connectivity index is 3.03. The van der Waals surface area contributed by atoms with E-state index in [0.29, 0.717) is 11.1 Å². The lowest BCUT2D eigenvalue weighted by atomic mass is 10.1. The predicted octanol–water partition coefficient (Wildman–Crippen LogP) is 2.22. The second-order valence-electron chi connectivity index (χ2n) is 4.81. The van der Waals surface area contributed by atoms with Crippen molar-refractivity contribution in [3.63, 3.8) is 0 Å². The molecule has 0 aliphatic heterocycles. The Bertz CT molecular complexity index is 588. The normalized spacial score (nSPS) is 13.3. The van der Waals surface area contributed by atoms with Gasteiger partial charge in [-0.05, 0) is 18.2 Å². The van der Waals surface area contributed by atoms with E-state index in [-0.39, 0.29) is 16.8 Å². The Kier molecular flexibility index (Phi) is 7.12. The molecule has 0 aliphatic carbocycles. The third kappa shape index (κ3) is 4.95. The van der Waals surface area contributed by atoms with Crippen LogP contribution in [0.25, 0.3) is 0 Å². The van der Waals surface area contributed by atoms with Gasteiger partial charge in [-0.3, -0.25) is 0 Å². The molecule has 1 unspecified atom stereocenters. The van der Waals surface area contributed by atoms with Crippen LogP contribution in [-0.2, 0) is 15.8 Å². The van der Waals surface area contributed by atoms with Crippen LogP contribution in [-0.4, -0.2) is 42.8 Å². The first-order valence-corrected chi connectivity index (χ1v) is 10.1. The molecule has 1 atom stereocenters. The number of rotatable bonds is 8. The second kappa shape index (κ2) is 8.12. The molecule has 21 heavy (non-hydrogen) atoms. The third-order valence-corrected chi connectivity index (χ3v) is 6.19. The summed E-state index contributed by atoms with van der Waals surface area (Å²) in [7, 11) is -1.76. The van der Waals surface area contributed by atoms with E-state index in [9.17, 15) is 8.42 Å². The fourth-order valence-electron chi connectivity index (χ4n) is 2.08. The summed E-state index contributed by atoms with van der Waals surface area (Å²) < 4.78 is 26.6. The minimum atomic E-state index is -3.40. The summed E-state index contributed by atoms with van der Waals surface area (Å²) in [6, 6.07) is 7.12. The number of thioether (sulfide) groups is 1. The minimum absolute atomic E-state index is 0.00184. The van der Waals surface area contributed by atoms with E-state index in [2.05, 4.69) is 0 Å². The van der Waals surface area contributed by atoms with Crippen molar-refractivity contribution in [1.82, 2.24) is 4.31 Å². The number of benzene rings is 1. The summed E-state index contributed by atoms with van der Waals surface area (Å²) in [4.78, 5) is 0.222. The first-order valence-electron chi connectivity index (χ1n) is 6.65. The second-order valence-corrected chi connectivity index (χ2v) is 8.19. The monoisotopic (exact) mass is 346 g/mol. The predicted molar refractivity (Wildman–Crippen MR) is 95.2 cm³/mol. The van der Waals surface area contributed by atoms with E-state index in [4.69, 9.17) is 18.0 Å². The highest BCUT2D eigenvalue weighted by molar-refractivity contribution is 7.98. The average molecular weight is 347 g/mol. The molecule has 1 rings (SSSR count). The Labute approximate surface area is 137 Å². The van der Waals surface area contributed by atoms with Gasteiger partial charge >= 0.3 is 0 Å². The maximum Gasteiger partial charge on any atom is 0.218 e. The van der Waals surface area contributed by atoms with Gasteiger partial charge in [-0.1, -0.05) is 43.4 Å². The molecule has 1 aromatic rings. The number of hydrogen-bond donors (Lipinski definition) is 1. The molecule has 0 saturated heterocycles. The molecule has 7 heteroatoms.